The number of methoxy groups -OCH3 is 2. The number of fused-ring (bicyclic) bond motifs is 1. The number of esters is 1. The molecule has 0 aromatic heterocycles. The molecule has 2 aliphatic heterocycles. The second kappa shape index (κ2) is 14.6. The lowest BCUT2D eigenvalue weighted by Gasteiger charge is -2.53. The van der Waals surface area contributed by atoms with Gasteiger partial charge in [-0.25, -0.2) is 4.79 Å². The Morgan fingerprint density at radius 3 is 2.46 bits per heavy atom. The fraction of sp³-hybridized carbons (Fsp3) is 0.455. The minimum Gasteiger partial charge on any atom is -0.496 e. The molecular weight excluding hydrogens is 614 g/mol. The standard InChI is InChI=1S/C33H41N3O9S/c1-7-15-33(30(40)44-29(43-6)20-11-9-8-10-12-20)18-36-27(39)25(28(36)46-19-33)34-26(38)24(35-31(41)45-32(2,3)4)21-13-14-22(17-37)23(16-21)42-5/h7-16,24-25,28-29,37H,17-19H2,1-6H3,(H,34,38)(H,35,41)/t24?,25?,28-,29?,33?/m1/s1. The highest BCUT2D eigenvalue weighted by Gasteiger charge is 2.57. The molecule has 4 unspecified atom stereocenters. The number of β-lactam (4-membered cyclic amide) rings is 1. The van der Waals surface area contributed by atoms with Crippen LogP contribution in [0, 0.1) is 5.41 Å². The number of amides is 3. The fourth-order valence-electron chi connectivity index (χ4n) is 5.32. The monoisotopic (exact) mass is 655 g/mol. The number of aliphatic hydroxyl groups is 1. The first-order valence-electron chi connectivity index (χ1n) is 14.8. The molecule has 0 spiro atoms. The summed E-state index contributed by atoms with van der Waals surface area (Å²) < 4.78 is 22.0. The minimum atomic E-state index is -1.24. The Labute approximate surface area is 272 Å². The quantitative estimate of drug-likeness (QED) is 0.142. The van der Waals surface area contributed by atoms with Crippen molar-refractivity contribution in [3.05, 3.63) is 77.4 Å². The van der Waals surface area contributed by atoms with Crippen LogP contribution in [0.1, 0.15) is 56.7 Å². The zero-order valence-electron chi connectivity index (χ0n) is 26.8. The highest BCUT2D eigenvalue weighted by Crippen LogP contribution is 2.44. The molecule has 46 heavy (non-hydrogen) atoms. The lowest BCUT2D eigenvalue weighted by atomic mass is 9.86. The molecule has 2 heterocycles. The van der Waals surface area contributed by atoms with E-state index in [2.05, 4.69) is 10.6 Å². The average molecular weight is 656 g/mol. The van der Waals surface area contributed by atoms with Crippen molar-refractivity contribution < 1.29 is 43.2 Å². The van der Waals surface area contributed by atoms with E-state index < -0.39 is 52.7 Å². The number of nitrogens with one attached hydrogen (secondary N) is 2. The number of hydrogen-bond acceptors (Lipinski definition) is 10. The van der Waals surface area contributed by atoms with E-state index in [9.17, 15) is 24.3 Å². The number of hydrogen-bond donors (Lipinski definition) is 3. The third-order valence-corrected chi connectivity index (χ3v) is 9.08. The maximum atomic E-state index is 13.7. The van der Waals surface area contributed by atoms with Crippen molar-refractivity contribution in [1.29, 1.82) is 0 Å². The first-order chi connectivity index (χ1) is 21.9. The van der Waals surface area contributed by atoms with E-state index in [0.29, 0.717) is 28.2 Å². The summed E-state index contributed by atoms with van der Waals surface area (Å²) in [4.78, 5) is 55.0. The molecule has 4 rings (SSSR count). The summed E-state index contributed by atoms with van der Waals surface area (Å²) in [5, 5.41) is 14.6. The number of alkyl carbamates (subject to hydrolysis) is 1. The zero-order valence-corrected chi connectivity index (χ0v) is 27.6. The number of carbonyl (C=O) groups excluding carboxylic acids is 4. The van der Waals surface area contributed by atoms with Gasteiger partial charge in [-0.1, -0.05) is 54.6 Å². The Balaban J connectivity index is 1.50. The topological polar surface area (TPSA) is 153 Å². The van der Waals surface area contributed by atoms with Gasteiger partial charge < -0.3 is 39.6 Å². The molecule has 0 saturated carbocycles. The van der Waals surface area contributed by atoms with Crippen LogP contribution in [0.3, 0.4) is 0 Å². The molecule has 2 saturated heterocycles. The number of carbonyl (C=O) groups is 4. The van der Waals surface area contributed by atoms with Crippen molar-refractivity contribution in [3.63, 3.8) is 0 Å². The summed E-state index contributed by atoms with van der Waals surface area (Å²) in [7, 11) is 2.88. The van der Waals surface area contributed by atoms with Crippen LogP contribution in [0.2, 0.25) is 0 Å². The van der Waals surface area contributed by atoms with Gasteiger partial charge in [0, 0.05) is 30.5 Å². The molecular formula is C33H41N3O9S. The van der Waals surface area contributed by atoms with Gasteiger partial charge in [0.15, 0.2) is 0 Å². The summed E-state index contributed by atoms with van der Waals surface area (Å²) in [6.07, 6.45) is 1.74. The van der Waals surface area contributed by atoms with Gasteiger partial charge in [-0.3, -0.25) is 14.4 Å². The Bertz CT molecular complexity index is 1460. The van der Waals surface area contributed by atoms with E-state index in [-0.39, 0.29) is 19.1 Å². The van der Waals surface area contributed by atoms with Crippen LogP contribution < -0.4 is 15.4 Å². The van der Waals surface area contributed by atoms with Gasteiger partial charge in [0.1, 0.15) is 34.2 Å². The molecule has 0 aliphatic carbocycles. The van der Waals surface area contributed by atoms with Crippen molar-refractivity contribution in [1.82, 2.24) is 15.5 Å². The minimum absolute atomic E-state index is 0.0592. The third-order valence-electron chi connectivity index (χ3n) is 7.53. The van der Waals surface area contributed by atoms with Crippen molar-refractivity contribution in [2.75, 3.05) is 26.5 Å². The Morgan fingerprint density at radius 2 is 1.85 bits per heavy atom. The van der Waals surface area contributed by atoms with Crippen molar-refractivity contribution in [3.8, 4) is 5.75 Å². The number of thioether (sulfide) groups is 1. The number of aliphatic hydroxyl groups excluding tert-OH is 1. The van der Waals surface area contributed by atoms with Gasteiger partial charge in [0.05, 0.1) is 13.7 Å². The van der Waals surface area contributed by atoms with Crippen LogP contribution in [0.15, 0.2) is 60.7 Å². The van der Waals surface area contributed by atoms with Crippen LogP contribution in [-0.4, -0.2) is 77.4 Å². The van der Waals surface area contributed by atoms with Crippen LogP contribution in [0.4, 0.5) is 4.79 Å². The Morgan fingerprint density at radius 1 is 1.13 bits per heavy atom. The van der Waals surface area contributed by atoms with Gasteiger partial charge in [0.2, 0.25) is 18.1 Å². The van der Waals surface area contributed by atoms with Crippen LogP contribution in [0.5, 0.6) is 5.75 Å². The number of benzene rings is 2. The fourth-order valence-corrected chi connectivity index (χ4v) is 6.83. The second-order valence-electron chi connectivity index (χ2n) is 12.0. The lowest BCUT2D eigenvalue weighted by Crippen LogP contribution is -2.74. The average Bonchev–Trinajstić information content (AvgIpc) is 3.04. The number of allylic oxidation sites excluding steroid dienone is 1. The van der Waals surface area contributed by atoms with Gasteiger partial charge in [-0.2, -0.15) is 0 Å². The van der Waals surface area contributed by atoms with E-state index in [0.717, 1.165) is 0 Å². The summed E-state index contributed by atoms with van der Waals surface area (Å²) >= 11 is 1.35. The Hall–Kier alpha value is -4.07. The summed E-state index contributed by atoms with van der Waals surface area (Å²) in [5.41, 5.74) is -0.417. The largest absolute Gasteiger partial charge is 0.496 e. The first kappa shape index (κ1) is 34.8. The molecule has 3 N–H and O–H groups in total. The van der Waals surface area contributed by atoms with Crippen molar-refractivity contribution >= 4 is 35.6 Å². The summed E-state index contributed by atoms with van der Waals surface area (Å²) in [5.74, 6) is -0.926. The van der Waals surface area contributed by atoms with E-state index in [1.165, 1.54) is 32.0 Å². The normalized spacial score (nSPS) is 22.2. The number of ether oxygens (including phenoxy) is 4. The van der Waals surface area contributed by atoms with E-state index >= 15 is 0 Å². The van der Waals surface area contributed by atoms with Crippen LogP contribution >= 0.6 is 11.8 Å². The maximum Gasteiger partial charge on any atom is 0.408 e. The molecule has 2 aliphatic rings. The molecule has 3 amide bonds. The molecule has 2 aromatic rings. The summed E-state index contributed by atoms with van der Waals surface area (Å²) in [6.45, 7) is 6.66. The molecule has 0 bridgehead atoms. The maximum absolute atomic E-state index is 13.7. The molecule has 5 atom stereocenters. The van der Waals surface area contributed by atoms with E-state index in [1.807, 2.05) is 18.2 Å². The van der Waals surface area contributed by atoms with E-state index in [1.54, 1.807) is 69.0 Å². The van der Waals surface area contributed by atoms with Gasteiger partial charge in [-0.05, 0) is 39.3 Å². The van der Waals surface area contributed by atoms with Crippen molar-refractivity contribution in [2.24, 2.45) is 5.41 Å². The van der Waals surface area contributed by atoms with Gasteiger partial charge in [0.25, 0.3) is 0 Å². The smallest absolute Gasteiger partial charge is 0.408 e. The third kappa shape index (κ3) is 7.65. The molecule has 248 valence electrons. The molecule has 12 nitrogen and oxygen atoms in total. The molecule has 13 heteroatoms. The highest BCUT2D eigenvalue weighted by atomic mass is 32.2. The van der Waals surface area contributed by atoms with E-state index in [4.69, 9.17) is 18.9 Å². The number of rotatable bonds is 11. The van der Waals surface area contributed by atoms with Crippen LogP contribution in [0.25, 0.3) is 0 Å². The predicted octanol–water partition coefficient (Wildman–Crippen LogP) is 3.60. The SMILES string of the molecule is CC=CC1(C(=O)OC(OC)c2ccccc2)CS[C@@H]2C(NC(=O)C(NC(=O)OC(C)(C)C)c3ccc(CO)c(OC)c3)C(=O)N2C1. The first-order valence-corrected chi connectivity index (χ1v) is 15.8. The second-order valence-corrected chi connectivity index (χ2v) is 13.1. The number of nitrogens with zero attached hydrogens (tertiary/aromatic N) is 1. The molecule has 2 fully saturated rings. The van der Waals surface area contributed by atoms with Crippen LogP contribution in [-0.2, 0) is 35.2 Å². The zero-order chi connectivity index (χ0) is 33.6. The summed E-state index contributed by atoms with van der Waals surface area (Å²) in [6, 6.07) is 11.7. The van der Waals surface area contributed by atoms with Gasteiger partial charge in [-0.15, -0.1) is 11.8 Å². The van der Waals surface area contributed by atoms with Crippen molar-refractivity contribution in [2.45, 2.75) is 63.7 Å². The predicted molar refractivity (Wildman–Crippen MR) is 170 cm³/mol. The lowest BCUT2D eigenvalue weighted by molar-refractivity contribution is -0.186. The molecule has 0 radical (unpaired) electrons. The molecule has 2 aromatic carbocycles. The van der Waals surface area contributed by atoms with Gasteiger partial charge >= 0.3 is 12.1 Å². The highest BCUT2D eigenvalue weighted by molar-refractivity contribution is 8.00. The Kier molecular flexibility index (Phi) is 11.0.